The quantitative estimate of drug-likeness (QED) is 0.131. The lowest BCUT2D eigenvalue weighted by Crippen LogP contribution is -2.20. The highest BCUT2D eigenvalue weighted by molar-refractivity contribution is 7.87. The molecule has 0 aliphatic carbocycles. The van der Waals surface area contributed by atoms with Crippen molar-refractivity contribution in [3.63, 3.8) is 0 Å². The van der Waals surface area contributed by atoms with Gasteiger partial charge in [0.25, 0.3) is 0 Å². The molecule has 1 heterocycles. The fraction of sp³-hybridized carbons (Fsp3) is 0.107. The molecule has 9 nitrogen and oxygen atoms in total. The molecule has 0 bridgehead atoms. The maximum atomic E-state index is 13.1. The second-order valence-electron chi connectivity index (χ2n) is 8.48. The predicted molar refractivity (Wildman–Crippen MR) is 147 cm³/mol. The predicted octanol–water partition coefficient (Wildman–Crippen LogP) is 6.02. The summed E-state index contributed by atoms with van der Waals surface area (Å²) < 4.78 is 81.0. The first kappa shape index (κ1) is 30.3. The molecule has 42 heavy (non-hydrogen) atoms. The van der Waals surface area contributed by atoms with E-state index in [4.69, 9.17) is 25.3 Å². The van der Waals surface area contributed by atoms with Gasteiger partial charge in [0.15, 0.2) is 0 Å². The molecule has 1 N–H and O–H groups in total. The molecule has 0 radical (unpaired) electrons. The highest BCUT2D eigenvalue weighted by atomic mass is 35.5. The first-order valence-electron chi connectivity index (χ1n) is 11.9. The van der Waals surface area contributed by atoms with Crippen LogP contribution in [0, 0.1) is 0 Å². The number of amides is 1. The minimum atomic E-state index is -4.66. The van der Waals surface area contributed by atoms with Crippen molar-refractivity contribution in [1.82, 2.24) is 10.4 Å². The van der Waals surface area contributed by atoms with Crippen LogP contribution < -0.4 is 19.1 Å². The van der Waals surface area contributed by atoms with Gasteiger partial charge < -0.3 is 13.7 Å². The van der Waals surface area contributed by atoms with Crippen molar-refractivity contribution in [3.05, 3.63) is 107 Å². The maximum Gasteiger partial charge on any atom is 0.417 e. The molecule has 0 aliphatic heterocycles. The van der Waals surface area contributed by atoms with E-state index in [0.717, 1.165) is 12.3 Å². The van der Waals surface area contributed by atoms with Crippen LogP contribution in [0.5, 0.6) is 23.1 Å². The number of hydrazone groups is 1. The first-order chi connectivity index (χ1) is 19.9. The van der Waals surface area contributed by atoms with Crippen LogP contribution in [0.25, 0.3) is 0 Å². The Balaban J connectivity index is 1.61. The summed E-state index contributed by atoms with van der Waals surface area (Å²) in [6.45, 7) is 0. The lowest BCUT2D eigenvalue weighted by atomic mass is 10.1. The molecule has 1 amide bonds. The van der Waals surface area contributed by atoms with Gasteiger partial charge in [0.2, 0.25) is 11.8 Å². The summed E-state index contributed by atoms with van der Waals surface area (Å²) in [5.41, 5.74) is 1.82. The lowest BCUT2D eigenvalue weighted by Gasteiger charge is -2.13. The smallest absolute Gasteiger partial charge is 0.417 e. The highest BCUT2D eigenvalue weighted by Gasteiger charge is 2.32. The number of alkyl halides is 3. The Bertz CT molecular complexity index is 1720. The third-order valence-corrected chi connectivity index (χ3v) is 7.03. The molecule has 4 aromatic rings. The number of ether oxygens (including phenoxy) is 2. The molecule has 0 fully saturated rings. The zero-order valence-electron chi connectivity index (χ0n) is 21.6. The van der Waals surface area contributed by atoms with E-state index in [1.54, 1.807) is 42.5 Å². The molecule has 3 aromatic carbocycles. The number of pyridine rings is 1. The zero-order chi connectivity index (χ0) is 30.3. The number of carbonyl (C=O) groups excluding carboxylic acids is 1. The van der Waals surface area contributed by atoms with Crippen molar-refractivity contribution >= 4 is 33.8 Å². The summed E-state index contributed by atoms with van der Waals surface area (Å²) in [6, 6.07) is 18.8. The Morgan fingerprint density at radius 2 is 1.74 bits per heavy atom. The maximum absolute atomic E-state index is 13.1. The van der Waals surface area contributed by atoms with Gasteiger partial charge >= 0.3 is 16.3 Å². The number of methoxy groups -OCH3 is 1. The summed E-state index contributed by atoms with van der Waals surface area (Å²) >= 11 is 5.94. The molecule has 14 heteroatoms. The molecule has 0 saturated carbocycles. The van der Waals surface area contributed by atoms with Gasteiger partial charge in [-0.3, -0.25) is 4.79 Å². The highest BCUT2D eigenvalue weighted by Crippen LogP contribution is 2.35. The molecular formula is C28H21ClF3N3O6S. The number of carbonyl (C=O) groups is 1. The number of hydrogen-bond donors (Lipinski definition) is 1. The number of halogens is 4. The van der Waals surface area contributed by atoms with E-state index in [0.29, 0.717) is 23.6 Å². The Morgan fingerprint density at radius 1 is 1.00 bits per heavy atom. The Morgan fingerprint density at radius 3 is 2.43 bits per heavy atom. The average molecular weight is 620 g/mol. The molecule has 218 valence electrons. The van der Waals surface area contributed by atoms with E-state index >= 15 is 0 Å². The van der Waals surface area contributed by atoms with E-state index in [2.05, 4.69) is 15.5 Å². The van der Waals surface area contributed by atoms with Crippen LogP contribution in [0.3, 0.4) is 0 Å². The van der Waals surface area contributed by atoms with Gasteiger partial charge in [-0.25, -0.2) is 10.4 Å². The minimum Gasteiger partial charge on any atom is -0.497 e. The standard InChI is InChI=1S/C28H21ClF3N3O6S/c1-39-22-9-5-6-18(12-22)13-26(36)35-34-16-19-14-23(40-27-24(29)15-20(17-33-27)28(30,31)32)10-11-25(19)42(37,38)41-21-7-3-2-4-8-21/h2-12,14-17H,13H2,1H3,(H,35,36)/b34-16+. The molecule has 0 aliphatic rings. The van der Waals surface area contributed by atoms with Crippen LogP contribution in [-0.2, 0) is 27.5 Å². The second-order valence-corrected chi connectivity index (χ2v) is 10.4. The fourth-order valence-electron chi connectivity index (χ4n) is 3.51. The van der Waals surface area contributed by atoms with Crippen LogP contribution in [0.15, 0.2) is 95.1 Å². The number of aromatic nitrogens is 1. The summed E-state index contributed by atoms with van der Waals surface area (Å²) in [7, 11) is -2.91. The number of hydrogen-bond acceptors (Lipinski definition) is 8. The van der Waals surface area contributed by atoms with Crippen LogP contribution >= 0.6 is 11.6 Å². The normalized spacial score (nSPS) is 11.7. The van der Waals surface area contributed by atoms with Crippen LogP contribution in [0.2, 0.25) is 5.02 Å². The van der Waals surface area contributed by atoms with Gasteiger partial charge in [-0.15, -0.1) is 0 Å². The SMILES string of the molecule is COc1cccc(CC(=O)N/N=C/c2cc(Oc3ncc(C(F)(F)F)cc3Cl)ccc2S(=O)(=O)Oc2ccccc2)c1. The Kier molecular flexibility index (Phi) is 9.33. The lowest BCUT2D eigenvalue weighted by molar-refractivity contribution is -0.137. The van der Waals surface area contributed by atoms with Crippen molar-refractivity contribution in [3.8, 4) is 23.1 Å². The van der Waals surface area contributed by atoms with E-state index in [1.807, 2.05) is 0 Å². The van der Waals surface area contributed by atoms with E-state index in [-0.39, 0.29) is 34.3 Å². The van der Waals surface area contributed by atoms with Crippen molar-refractivity contribution < 1.29 is 40.0 Å². The topological polar surface area (TPSA) is 116 Å². The molecule has 0 saturated heterocycles. The van der Waals surface area contributed by atoms with E-state index in [1.165, 1.54) is 31.4 Å². The van der Waals surface area contributed by atoms with Gasteiger partial charge in [0, 0.05) is 11.8 Å². The van der Waals surface area contributed by atoms with Crippen molar-refractivity contribution in [2.45, 2.75) is 17.5 Å². The number of nitrogens with zero attached hydrogens (tertiary/aromatic N) is 2. The summed E-state index contributed by atoms with van der Waals surface area (Å²) in [6.07, 6.45) is -3.10. The van der Waals surface area contributed by atoms with Gasteiger partial charge in [-0.2, -0.15) is 26.7 Å². The first-order valence-corrected chi connectivity index (χ1v) is 13.7. The molecular weight excluding hydrogens is 599 g/mol. The molecule has 4 rings (SSSR count). The van der Waals surface area contributed by atoms with Gasteiger partial charge in [0.05, 0.1) is 25.3 Å². The van der Waals surface area contributed by atoms with Crippen LogP contribution in [0.1, 0.15) is 16.7 Å². The number of para-hydroxylation sites is 1. The van der Waals surface area contributed by atoms with Crippen molar-refractivity contribution in [2.24, 2.45) is 5.10 Å². The largest absolute Gasteiger partial charge is 0.497 e. The Hall–Kier alpha value is -4.62. The van der Waals surface area contributed by atoms with Crippen LogP contribution in [-0.4, -0.2) is 32.6 Å². The van der Waals surface area contributed by atoms with E-state index in [9.17, 15) is 26.4 Å². The number of benzene rings is 3. The monoisotopic (exact) mass is 619 g/mol. The molecule has 0 spiro atoms. The number of nitrogens with one attached hydrogen (secondary N) is 1. The zero-order valence-corrected chi connectivity index (χ0v) is 23.2. The Labute approximate surface area is 243 Å². The summed E-state index contributed by atoms with van der Waals surface area (Å²) in [5, 5.41) is 3.45. The third-order valence-electron chi connectivity index (χ3n) is 5.44. The molecule has 0 atom stereocenters. The molecule has 1 aromatic heterocycles. The summed E-state index contributed by atoms with van der Waals surface area (Å²) in [5.74, 6) is -0.274. The third kappa shape index (κ3) is 7.98. The minimum absolute atomic E-state index is 0.0352. The van der Waals surface area contributed by atoms with Crippen LogP contribution in [0.4, 0.5) is 13.2 Å². The van der Waals surface area contributed by atoms with Gasteiger partial charge in [0.1, 0.15) is 27.2 Å². The summed E-state index contributed by atoms with van der Waals surface area (Å²) in [4.78, 5) is 15.7. The van der Waals surface area contributed by atoms with Crippen molar-refractivity contribution in [1.29, 1.82) is 0 Å². The van der Waals surface area contributed by atoms with Crippen molar-refractivity contribution in [2.75, 3.05) is 7.11 Å². The van der Waals surface area contributed by atoms with Gasteiger partial charge in [-0.1, -0.05) is 41.9 Å². The average Bonchev–Trinajstić information content (AvgIpc) is 2.94. The fourth-order valence-corrected chi connectivity index (χ4v) is 4.81. The number of rotatable bonds is 10. The van der Waals surface area contributed by atoms with E-state index < -0.39 is 32.8 Å². The second kappa shape index (κ2) is 12.9. The molecule has 0 unspecified atom stereocenters. The van der Waals surface area contributed by atoms with Gasteiger partial charge in [-0.05, 0) is 54.1 Å².